The van der Waals surface area contributed by atoms with Gasteiger partial charge in [0.15, 0.2) is 0 Å². The summed E-state index contributed by atoms with van der Waals surface area (Å²) in [6.45, 7) is 12.1. The lowest BCUT2D eigenvalue weighted by Gasteiger charge is -2.37. The van der Waals surface area contributed by atoms with Gasteiger partial charge in [0.05, 0.1) is 24.5 Å². The smallest absolute Gasteiger partial charge is 0.312 e. The van der Waals surface area contributed by atoms with E-state index in [2.05, 4.69) is 25.3 Å². The second-order valence-corrected chi connectivity index (χ2v) is 9.84. The summed E-state index contributed by atoms with van der Waals surface area (Å²) < 4.78 is 11.7. The Morgan fingerprint density at radius 2 is 1.89 bits per heavy atom. The van der Waals surface area contributed by atoms with Crippen LogP contribution in [0.2, 0.25) is 0 Å². The van der Waals surface area contributed by atoms with E-state index in [1.54, 1.807) is 17.9 Å². The number of anilines is 2. The molecule has 0 aliphatic carbocycles. The third kappa shape index (κ3) is 4.52. The van der Waals surface area contributed by atoms with Crippen LogP contribution in [0.3, 0.4) is 0 Å². The number of likely N-dealkylation sites (tertiary alicyclic amines) is 1. The first-order valence-electron chi connectivity index (χ1n) is 13.4. The summed E-state index contributed by atoms with van der Waals surface area (Å²) in [5.41, 5.74) is 0.672. The molecular weight excluding hydrogens is 474 g/mol. The number of ether oxygens (including phenoxy) is 2. The van der Waals surface area contributed by atoms with Gasteiger partial charge in [-0.3, -0.25) is 14.4 Å². The number of hydrogen-bond donors (Lipinski definition) is 1. The molecule has 3 fully saturated rings. The van der Waals surface area contributed by atoms with Crippen LogP contribution < -0.4 is 9.80 Å². The van der Waals surface area contributed by atoms with Crippen molar-refractivity contribution in [1.82, 2.24) is 4.90 Å². The van der Waals surface area contributed by atoms with Gasteiger partial charge in [0.25, 0.3) is 5.91 Å². The first kappa shape index (κ1) is 27.1. The number of amides is 2. The van der Waals surface area contributed by atoms with Crippen molar-refractivity contribution in [2.45, 2.75) is 57.8 Å². The van der Waals surface area contributed by atoms with E-state index in [9.17, 15) is 19.5 Å². The number of hydrogen-bond acceptors (Lipinski definition) is 7. The number of nitrogens with zero attached hydrogens (tertiary/aromatic N) is 3. The molecule has 0 radical (unpaired) electrons. The molecule has 1 spiro atoms. The van der Waals surface area contributed by atoms with E-state index < -0.39 is 35.6 Å². The highest BCUT2D eigenvalue weighted by Crippen LogP contribution is 2.58. The maximum atomic E-state index is 14.3. The highest BCUT2D eigenvalue weighted by molar-refractivity contribution is 6.04. The van der Waals surface area contributed by atoms with Gasteiger partial charge < -0.3 is 29.3 Å². The van der Waals surface area contributed by atoms with Crippen LogP contribution in [-0.2, 0) is 23.9 Å². The van der Waals surface area contributed by atoms with Crippen LogP contribution in [0.5, 0.6) is 0 Å². The SMILES string of the molecule is C=CCN(C(=O)C1N(CCCO)C(=O)[C@@H]2[C@@H](C(=O)OCC)[C@H]3CCC12O3)c1ccc(N(CC)CC)cc1. The molecule has 4 rings (SSSR count). The standard InChI is InChI=1S/C28H39N3O6/c1-5-16-30(20-12-10-19(11-13-20)29(6-2)7-3)26(34)24-28-15-14-21(37-28)22(27(35)36-8-4)23(28)25(33)31(24)17-9-18-32/h5,10-13,21-24,32H,1,6-9,14-18H2,2-4H3/t21-,22+,23+,24?,28?/m1/s1. The summed E-state index contributed by atoms with van der Waals surface area (Å²) >= 11 is 0. The van der Waals surface area contributed by atoms with Gasteiger partial charge in [-0.15, -0.1) is 6.58 Å². The van der Waals surface area contributed by atoms with Crippen molar-refractivity contribution in [2.75, 3.05) is 49.2 Å². The highest BCUT2D eigenvalue weighted by atomic mass is 16.6. The Labute approximate surface area is 219 Å². The van der Waals surface area contributed by atoms with Gasteiger partial charge in [0.2, 0.25) is 5.91 Å². The Balaban J connectivity index is 1.71. The Hall–Kier alpha value is -2.91. The van der Waals surface area contributed by atoms with Crippen molar-refractivity contribution in [3.8, 4) is 0 Å². The molecule has 202 valence electrons. The molecule has 2 unspecified atom stereocenters. The van der Waals surface area contributed by atoms with Crippen LogP contribution in [0.4, 0.5) is 11.4 Å². The molecule has 3 aliphatic rings. The van der Waals surface area contributed by atoms with Crippen LogP contribution in [0.1, 0.15) is 40.0 Å². The minimum Gasteiger partial charge on any atom is -0.466 e. The molecule has 5 atom stereocenters. The number of aliphatic hydroxyl groups is 1. The monoisotopic (exact) mass is 513 g/mol. The van der Waals surface area contributed by atoms with E-state index in [1.165, 1.54) is 4.90 Å². The molecule has 1 aromatic carbocycles. The number of aliphatic hydroxyl groups excluding tert-OH is 1. The predicted molar refractivity (Wildman–Crippen MR) is 140 cm³/mol. The van der Waals surface area contributed by atoms with E-state index in [-0.39, 0.29) is 38.1 Å². The Morgan fingerprint density at radius 3 is 2.49 bits per heavy atom. The predicted octanol–water partition coefficient (Wildman–Crippen LogP) is 2.37. The molecule has 2 amide bonds. The molecule has 0 saturated carbocycles. The average molecular weight is 514 g/mol. The van der Waals surface area contributed by atoms with Crippen molar-refractivity contribution in [3.05, 3.63) is 36.9 Å². The van der Waals surface area contributed by atoms with Gasteiger partial charge >= 0.3 is 5.97 Å². The number of fused-ring (bicyclic) bond motifs is 1. The molecule has 2 bridgehead atoms. The number of rotatable bonds is 12. The fourth-order valence-electron chi connectivity index (χ4n) is 6.45. The molecule has 3 heterocycles. The Kier molecular flexibility index (Phi) is 8.23. The lowest BCUT2D eigenvalue weighted by atomic mass is 9.70. The molecule has 3 aliphatic heterocycles. The summed E-state index contributed by atoms with van der Waals surface area (Å²) in [6.07, 6.45) is 2.65. The summed E-state index contributed by atoms with van der Waals surface area (Å²) in [5.74, 6) is -2.49. The number of esters is 1. The summed E-state index contributed by atoms with van der Waals surface area (Å²) in [4.78, 5) is 46.4. The van der Waals surface area contributed by atoms with Gasteiger partial charge in [0.1, 0.15) is 11.6 Å². The lowest BCUT2D eigenvalue weighted by Crippen LogP contribution is -2.56. The molecule has 0 aromatic heterocycles. The summed E-state index contributed by atoms with van der Waals surface area (Å²) in [5, 5.41) is 9.51. The highest BCUT2D eigenvalue weighted by Gasteiger charge is 2.75. The average Bonchev–Trinajstić information content (AvgIpc) is 3.54. The summed E-state index contributed by atoms with van der Waals surface area (Å²) in [6, 6.07) is 6.90. The fraction of sp³-hybridized carbons (Fsp3) is 0.607. The van der Waals surface area contributed by atoms with Gasteiger partial charge in [-0.2, -0.15) is 0 Å². The topological polar surface area (TPSA) is 99.6 Å². The van der Waals surface area contributed by atoms with E-state index >= 15 is 0 Å². The summed E-state index contributed by atoms with van der Waals surface area (Å²) in [7, 11) is 0. The lowest BCUT2D eigenvalue weighted by molar-refractivity contribution is -0.154. The third-order valence-corrected chi connectivity index (χ3v) is 8.02. The van der Waals surface area contributed by atoms with Crippen molar-refractivity contribution < 1.29 is 29.0 Å². The molecular formula is C28H39N3O6. The van der Waals surface area contributed by atoms with Gasteiger partial charge in [-0.05, 0) is 64.3 Å². The molecule has 1 aromatic rings. The Morgan fingerprint density at radius 1 is 1.22 bits per heavy atom. The fourth-order valence-corrected chi connectivity index (χ4v) is 6.45. The van der Waals surface area contributed by atoms with Crippen molar-refractivity contribution in [1.29, 1.82) is 0 Å². The zero-order valence-electron chi connectivity index (χ0n) is 22.1. The van der Waals surface area contributed by atoms with Gasteiger partial charge in [-0.1, -0.05) is 6.08 Å². The van der Waals surface area contributed by atoms with Gasteiger partial charge in [0, 0.05) is 44.2 Å². The second kappa shape index (κ2) is 11.2. The molecule has 9 heteroatoms. The van der Waals surface area contributed by atoms with E-state index in [4.69, 9.17) is 9.47 Å². The van der Waals surface area contributed by atoms with Crippen LogP contribution in [0, 0.1) is 11.8 Å². The number of benzene rings is 1. The maximum absolute atomic E-state index is 14.3. The van der Waals surface area contributed by atoms with Crippen molar-refractivity contribution in [3.63, 3.8) is 0 Å². The molecule has 37 heavy (non-hydrogen) atoms. The van der Waals surface area contributed by atoms with Gasteiger partial charge in [-0.25, -0.2) is 0 Å². The minimum absolute atomic E-state index is 0.115. The van der Waals surface area contributed by atoms with Crippen LogP contribution >= 0.6 is 0 Å². The molecule has 9 nitrogen and oxygen atoms in total. The molecule has 1 N–H and O–H groups in total. The zero-order chi connectivity index (χ0) is 26.7. The van der Waals surface area contributed by atoms with Crippen LogP contribution in [0.15, 0.2) is 36.9 Å². The largest absolute Gasteiger partial charge is 0.466 e. The van der Waals surface area contributed by atoms with E-state index in [0.29, 0.717) is 24.9 Å². The number of carbonyl (C=O) groups excluding carboxylic acids is 3. The third-order valence-electron chi connectivity index (χ3n) is 8.02. The minimum atomic E-state index is -1.09. The first-order chi connectivity index (χ1) is 17.9. The van der Waals surface area contributed by atoms with E-state index in [0.717, 1.165) is 18.8 Å². The zero-order valence-corrected chi connectivity index (χ0v) is 22.1. The van der Waals surface area contributed by atoms with E-state index in [1.807, 2.05) is 24.3 Å². The van der Waals surface area contributed by atoms with Crippen LogP contribution in [0.25, 0.3) is 0 Å². The molecule has 3 saturated heterocycles. The maximum Gasteiger partial charge on any atom is 0.312 e. The van der Waals surface area contributed by atoms with Crippen molar-refractivity contribution >= 4 is 29.2 Å². The number of carbonyl (C=O) groups is 3. The van der Waals surface area contributed by atoms with Crippen molar-refractivity contribution in [2.24, 2.45) is 11.8 Å². The first-order valence-corrected chi connectivity index (χ1v) is 13.4. The second-order valence-electron chi connectivity index (χ2n) is 9.84. The Bertz CT molecular complexity index is 1010. The normalized spacial score (nSPS) is 27.8. The quantitative estimate of drug-likeness (QED) is 0.338. The van der Waals surface area contributed by atoms with Crippen LogP contribution in [-0.4, -0.2) is 84.9 Å².